The summed E-state index contributed by atoms with van der Waals surface area (Å²) >= 11 is 4.20. The molecule has 38 heavy (non-hydrogen) atoms. The summed E-state index contributed by atoms with van der Waals surface area (Å²) in [5, 5.41) is 21.9. The normalized spacial score (nSPS) is 15.2. The maximum absolute atomic E-state index is 13.9. The third kappa shape index (κ3) is 4.76. The predicted molar refractivity (Wildman–Crippen MR) is 147 cm³/mol. The first-order valence-electron chi connectivity index (χ1n) is 11.7. The lowest BCUT2D eigenvalue weighted by Gasteiger charge is -2.29. The van der Waals surface area contributed by atoms with Crippen molar-refractivity contribution in [3.63, 3.8) is 0 Å². The monoisotopic (exact) mass is 600 g/mol. The van der Waals surface area contributed by atoms with Crippen LogP contribution >= 0.6 is 27.3 Å². The molecule has 0 spiro atoms. The molecule has 198 valence electrons. The first kappa shape index (κ1) is 27.3. The van der Waals surface area contributed by atoms with Crippen LogP contribution in [0.15, 0.2) is 61.9 Å². The van der Waals surface area contributed by atoms with Crippen molar-refractivity contribution in [2.45, 2.75) is 26.8 Å². The van der Waals surface area contributed by atoms with E-state index in [4.69, 9.17) is 4.74 Å². The zero-order chi connectivity index (χ0) is 27.7. The summed E-state index contributed by atoms with van der Waals surface area (Å²) < 4.78 is 7.36. The van der Waals surface area contributed by atoms with Gasteiger partial charge >= 0.3 is 0 Å². The van der Waals surface area contributed by atoms with Crippen molar-refractivity contribution in [1.82, 2.24) is 9.47 Å². The lowest BCUT2D eigenvalue weighted by molar-refractivity contribution is -0.385. The molecule has 1 N–H and O–H groups in total. The summed E-state index contributed by atoms with van der Waals surface area (Å²) in [6.07, 6.45) is 1.39. The third-order valence-corrected chi connectivity index (χ3v) is 7.90. The van der Waals surface area contributed by atoms with Crippen molar-refractivity contribution in [3.05, 3.63) is 93.1 Å². The molecule has 1 aliphatic heterocycles. The quantitative estimate of drug-likeness (QED) is 0.327. The highest BCUT2D eigenvalue weighted by Crippen LogP contribution is 2.36. The smallest absolute Gasteiger partial charge is 0.271 e. The number of halogens is 1. The van der Waals surface area contributed by atoms with Gasteiger partial charge in [-0.25, -0.2) is 4.99 Å². The van der Waals surface area contributed by atoms with E-state index in [0.29, 0.717) is 40.5 Å². The number of aromatic nitrogens is 1. The number of hydrogen-bond acceptors (Lipinski definition) is 8. The number of rotatable bonds is 7. The van der Waals surface area contributed by atoms with E-state index in [2.05, 4.69) is 20.9 Å². The Kier molecular flexibility index (Phi) is 7.83. The Labute approximate surface area is 230 Å². The van der Waals surface area contributed by atoms with Gasteiger partial charge in [0.2, 0.25) is 0 Å². The van der Waals surface area contributed by atoms with Gasteiger partial charge in [0, 0.05) is 36.3 Å². The van der Waals surface area contributed by atoms with Gasteiger partial charge in [0.05, 0.1) is 32.3 Å². The fourth-order valence-electron chi connectivity index (χ4n) is 4.42. The minimum absolute atomic E-state index is 0.0975. The maximum Gasteiger partial charge on any atom is 0.271 e. The first-order valence-corrected chi connectivity index (χ1v) is 13.3. The number of ether oxygens (including phenoxy) is 1. The molecule has 1 aromatic heterocycles. The number of nitro benzene ring substituents is 1. The van der Waals surface area contributed by atoms with Gasteiger partial charge in [-0.05, 0) is 48.8 Å². The number of nitrogens with zero attached hydrogens (tertiary/aromatic N) is 4. The van der Waals surface area contributed by atoms with Crippen LogP contribution in [0.1, 0.15) is 37.9 Å². The zero-order valence-corrected chi connectivity index (χ0v) is 23.5. The predicted octanol–water partition coefficient (Wildman–Crippen LogP) is 3.49. The number of non-ortho nitro benzene ring substituents is 1. The van der Waals surface area contributed by atoms with Gasteiger partial charge in [0.1, 0.15) is 17.5 Å². The molecule has 1 amide bonds. The lowest BCUT2D eigenvalue weighted by Crippen LogP contribution is -2.43. The molecule has 0 saturated carbocycles. The number of benzene rings is 2. The minimum Gasteiger partial charge on any atom is -0.506 e. The highest BCUT2D eigenvalue weighted by atomic mass is 79.9. The Morgan fingerprint density at radius 3 is 2.63 bits per heavy atom. The molecule has 1 atom stereocenters. The number of nitro groups is 1. The summed E-state index contributed by atoms with van der Waals surface area (Å²) in [4.78, 5) is 45.0. The van der Waals surface area contributed by atoms with Crippen LogP contribution in [0, 0.1) is 10.1 Å². The number of allylic oxidation sites excluding steroid dienone is 1. The molecule has 12 heteroatoms. The fourth-order valence-corrected chi connectivity index (χ4v) is 5.93. The largest absolute Gasteiger partial charge is 0.506 e. The molecular weight excluding hydrogens is 576 g/mol. The standard InChI is InChI=1S/C26H25BrN4O6S/c1-5-29(6-2)25(34)21-14(3)28-26-30(22(21)17-9-7-8-10-19(17)37-4)24(33)20(38-26)12-15-11-16(31(35)36)13-18(27)23(15)32/h7-13,22,32H,5-6H2,1-4H3/b20-12+/t22-/m1/s1. The van der Waals surface area contributed by atoms with Crippen molar-refractivity contribution in [1.29, 1.82) is 0 Å². The molecule has 0 bridgehead atoms. The third-order valence-electron chi connectivity index (χ3n) is 6.31. The number of carbonyl (C=O) groups excluding carboxylic acids is 1. The number of fused-ring (bicyclic) bond motifs is 1. The first-order chi connectivity index (χ1) is 18.1. The number of para-hydroxylation sites is 1. The highest BCUT2D eigenvalue weighted by Gasteiger charge is 2.35. The van der Waals surface area contributed by atoms with E-state index >= 15 is 0 Å². The summed E-state index contributed by atoms with van der Waals surface area (Å²) in [5.74, 6) is 0.0323. The number of phenols is 1. The van der Waals surface area contributed by atoms with Crippen LogP contribution < -0.4 is 19.6 Å². The molecule has 0 aliphatic carbocycles. The van der Waals surface area contributed by atoms with E-state index in [1.165, 1.54) is 29.9 Å². The molecule has 3 aromatic rings. The zero-order valence-electron chi connectivity index (χ0n) is 21.1. The number of amides is 1. The van der Waals surface area contributed by atoms with Gasteiger partial charge in [-0.15, -0.1) is 0 Å². The van der Waals surface area contributed by atoms with E-state index < -0.39 is 16.5 Å². The Morgan fingerprint density at radius 1 is 1.32 bits per heavy atom. The average molecular weight is 601 g/mol. The summed E-state index contributed by atoms with van der Waals surface area (Å²) in [6.45, 7) is 6.47. The van der Waals surface area contributed by atoms with Crippen molar-refractivity contribution < 1.29 is 19.6 Å². The second kappa shape index (κ2) is 10.9. The second-order valence-electron chi connectivity index (χ2n) is 8.42. The Bertz CT molecular complexity index is 1650. The number of hydrogen-bond donors (Lipinski definition) is 1. The molecule has 2 aromatic carbocycles. The Balaban J connectivity index is 2.02. The molecule has 1 aliphatic rings. The minimum atomic E-state index is -0.817. The van der Waals surface area contributed by atoms with E-state index in [9.17, 15) is 24.8 Å². The van der Waals surface area contributed by atoms with Crippen LogP contribution in [0.3, 0.4) is 0 Å². The lowest BCUT2D eigenvalue weighted by atomic mass is 9.94. The summed E-state index contributed by atoms with van der Waals surface area (Å²) in [7, 11) is 1.52. The molecule has 0 fully saturated rings. The number of methoxy groups -OCH3 is 1. The maximum atomic E-state index is 13.9. The molecule has 4 rings (SSSR count). The van der Waals surface area contributed by atoms with Crippen molar-refractivity contribution in [3.8, 4) is 11.5 Å². The fraction of sp³-hybridized carbons (Fsp3) is 0.269. The Morgan fingerprint density at radius 2 is 2.00 bits per heavy atom. The van der Waals surface area contributed by atoms with Crippen LogP contribution in [0.25, 0.3) is 6.08 Å². The van der Waals surface area contributed by atoms with E-state index in [-0.39, 0.29) is 31.9 Å². The van der Waals surface area contributed by atoms with Crippen molar-refractivity contribution in [2.75, 3.05) is 20.2 Å². The second-order valence-corrected chi connectivity index (χ2v) is 10.3. The van der Waals surface area contributed by atoms with Gasteiger partial charge in [0.15, 0.2) is 4.80 Å². The van der Waals surface area contributed by atoms with E-state index in [1.807, 2.05) is 13.8 Å². The topological polar surface area (TPSA) is 127 Å². The van der Waals surface area contributed by atoms with Crippen molar-refractivity contribution in [2.24, 2.45) is 4.99 Å². The summed E-state index contributed by atoms with van der Waals surface area (Å²) in [5.41, 5.74) is 0.853. The molecular formula is C26H25BrN4O6S. The van der Waals surface area contributed by atoms with Crippen molar-refractivity contribution >= 4 is 44.9 Å². The average Bonchev–Trinajstić information content (AvgIpc) is 3.20. The molecule has 0 radical (unpaired) electrons. The van der Waals surface area contributed by atoms with Crippen LogP contribution in [0.4, 0.5) is 5.69 Å². The number of aromatic hydroxyl groups is 1. The van der Waals surface area contributed by atoms with Crippen LogP contribution in [-0.4, -0.2) is 45.6 Å². The SMILES string of the molecule is CCN(CC)C(=O)C1=C(C)N=c2s/c(=C/c3cc([N+](=O)[O-])cc(Br)c3O)c(=O)n2[C@@H]1c1ccccc1OC. The van der Waals surface area contributed by atoms with Gasteiger partial charge < -0.3 is 14.7 Å². The van der Waals surface area contributed by atoms with Gasteiger partial charge in [-0.2, -0.15) is 0 Å². The number of phenolic OH excluding ortho intramolecular Hbond substituents is 1. The highest BCUT2D eigenvalue weighted by molar-refractivity contribution is 9.10. The molecule has 2 heterocycles. The molecule has 0 unspecified atom stereocenters. The number of likely N-dealkylation sites (N-methyl/N-ethyl adjacent to an activating group) is 1. The van der Waals surface area contributed by atoms with E-state index in [0.717, 1.165) is 11.3 Å². The number of carbonyl (C=O) groups is 1. The van der Waals surface area contributed by atoms with Crippen LogP contribution in [0.5, 0.6) is 11.5 Å². The van der Waals surface area contributed by atoms with Crippen LogP contribution in [0.2, 0.25) is 0 Å². The Hall–Kier alpha value is -3.77. The molecule has 10 nitrogen and oxygen atoms in total. The number of thiazole rings is 1. The van der Waals surface area contributed by atoms with Gasteiger partial charge in [-0.1, -0.05) is 29.5 Å². The van der Waals surface area contributed by atoms with Gasteiger partial charge in [0.25, 0.3) is 17.2 Å². The van der Waals surface area contributed by atoms with E-state index in [1.54, 1.807) is 36.1 Å². The summed E-state index contributed by atoms with van der Waals surface area (Å²) in [6, 6.07) is 8.74. The molecule has 0 saturated heterocycles. The van der Waals surface area contributed by atoms with Crippen LogP contribution in [-0.2, 0) is 4.79 Å². The van der Waals surface area contributed by atoms with Gasteiger partial charge in [-0.3, -0.25) is 24.3 Å².